The summed E-state index contributed by atoms with van der Waals surface area (Å²) >= 11 is 7.13. The van der Waals surface area contributed by atoms with Gasteiger partial charge in [-0.1, -0.05) is 29.8 Å². The number of halogens is 5. The summed E-state index contributed by atoms with van der Waals surface area (Å²) in [4.78, 5) is 0.458. The van der Waals surface area contributed by atoms with Crippen LogP contribution in [-0.4, -0.2) is 0 Å². The van der Waals surface area contributed by atoms with Gasteiger partial charge in [-0.15, -0.1) is 11.3 Å². The minimum absolute atomic E-state index is 0.0649. The van der Waals surface area contributed by atoms with Crippen LogP contribution in [0.5, 0.6) is 0 Å². The van der Waals surface area contributed by atoms with E-state index in [0.717, 1.165) is 12.1 Å². The van der Waals surface area contributed by atoms with Gasteiger partial charge in [0.25, 0.3) is 0 Å². The Morgan fingerprint density at radius 2 is 1.90 bits per heavy atom. The second-order valence-corrected chi connectivity index (χ2v) is 5.27. The van der Waals surface area contributed by atoms with Gasteiger partial charge in [0.2, 0.25) is 0 Å². The fourth-order valence-electron chi connectivity index (χ4n) is 1.69. The molecular formula is C14H6ClF4NS. The van der Waals surface area contributed by atoms with Crippen LogP contribution < -0.4 is 0 Å². The second-order valence-electron chi connectivity index (χ2n) is 3.94. The quantitative estimate of drug-likeness (QED) is 0.524. The molecule has 21 heavy (non-hydrogen) atoms. The lowest BCUT2D eigenvalue weighted by atomic mass is 10.1. The Balaban J connectivity index is 2.65. The Hall–Kier alpha value is -1.84. The number of hydrogen-bond donors (Lipinski definition) is 0. The Morgan fingerprint density at radius 1 is 1.19 bits per heavy atom. The first-order valence-electron chi connectivity index (χ1n) is 5.56. The number of rotatable bonds is 2. The normalized spacial score (nSPS) is 12.8. The fraction of sp³-hybridized carbons (Fsp3) is 0.0714. The standard InChI is InChI=1S/C14H6ClF4NS/c15-12(9(7-20)11-5-2-6-21-11)8-3-1-4-10(13(8)16)14(17,18)19/h1-6H/b12-9+. The highest BCUT2D eigenvalue weighted by molar-refractivity contribution is 7.11. The molecule has 108 valence electrons. The smallest absolute Gasteiger partial charge is 0.206 e. The number of alkyl halides is 3. The summed E-state index contributed by atoms with van der Waals surface area (Å²) in [7, 11) is 0. The van der Waals surface area contributed by atoms with E-state index in [1.807, 2.05) is 0 Å². The van der Waals surface area contributed by atoms with E-state index in [1.165, 1.54) is 11.3 Å². The van der Waals surface area contributed by atoms with Crippen molar-refractivity contribution in [2.75, 3.05) is 0 Å². The van der Waals surface area contributed by atoms with E-state index in [2.05, 4.69) is 0 Å². The van der Waals surface area contributed by atoms with Gasteiger partial charge in [-0.25, -0.2) is 4.39 Å². The minimum atomic E-state index is -4.83. The summed E-state index contributed by atoms with van der Waals surface area (Å²) in [6, 6.07) is 7.82. The molecule has 0 saturated heterocycles. The van der Waals surface area contributed by atoms with Crippen molar-refractivity contribution in [3.8, 4) is 6.07 Å². The third-order valence-corrected chi connectivity index (χ3v) is 3.92. The summed E-state index contributed by atoms with van der Waals surface area (Å²) in [5.41, 5.74) is -1.93. The molecule has 1 heterocycles. The molecule has 2 rings (SSSR count). The van der Waals surface area contributed by atoms with Gasteiger partial charge in [0, 0.05) is 10.4 Å². The van der Waals surface area contributed by atoms with Crippen LogP contribution in [0.3, 0.4) is 0 Å². The molecular weight excluding hydrogens is 326 g/mol. The van der Waals surface area contributed by atoms with Crippen LogP contribution in [0.1, 0.15) is 16.0 Å². The minimum Gasteiger partial charge on any atom is -0.206 e. The molecule has 0 bridgehead atoms. The highest BCUT2D eigenvalue weighted by atomic mass is 35.5. The van der Waals surface area contributed by atoms with Gasteiger partial charge in [0.05, 0.1) is 16.2 Å². The molecule has 0 aliphatic rings. The van der Waals surface area contributed by atoms with Gasteiger partial charge in [0.1, 0.15) is 11.9 Å². The molecule has 0 unspecified atom stereocenters. The summed E-state index contributed by atoms with van der Waals surface area (Å²) in [6.07, 6.45) is -4.83. The van der Waals surface area contributed by atoms with Gasteiger partial charge < -0.3 is 0 Å². The van der Waals surface area contributed by atoms with Crippen molar-refractivity contribution < 1.29 is 17.6 Å². The van der Waals surface area contributed by atoms with E-state index in [1.54, 1.807) is 23.6 Å². The van der Waals surface area contributed by atoms with Gasteiger partial charge in [-0.3, -0.25) is 0 Å². The topological polar surface area (TPSA) is 23.8 Å². The highest BCUT2D eigenvalue weighted by Crippen LogP contribution is 2.37. The van der Waals surface area contributed by atoms with Crippen LogP contribution >= 0.6 is 22.9 Å². The molecule has 0 spiro atoms. The lowest BCUT2D eigenvalue weighted by molar-refractivity contribution is -0.140. The number of thiophene rings is 1. The van der Waals surface area contributed by atoms with Gasteiger partial charge in [0.15, 0.2) is 0 Å². The molecule has 0 aliphatic carbocycles. The Labute approximate surface area is 126 Å². The van der Waals surface area contributed by atoms with Crippen molar-refractivity contribution >= 4 is 33.5 Å². The molecule has 0 aliphatic heterocycles. The number of allylic oxidation sites excluding steroid dienone is 1. The maximum absolute atomic E-state index is 14.0. The van der Waals surface area contributed by atoms with Crippen LogP contribution in [0.4, 0.5) is 17.6 Å². The van der Waals surface area contributed by atoms with Crippen molar-refractivity contribution in [3.05, 3.63) is 57.5 Å². The molecule has 0 amide bonds. The zero-order valence-electron chi connectivity index (χ0n) is 10.2. The van der Waals surface area contributed by atoms with Crippen LogP contribution in [0, 0.1) is 17.1 Å². The third kappa shape index (κ3) is 3.09. The molecule has 0 saturated carbocycles. The molecule has 0 radical (unpaired) electrons. The molecule has 1 nitrogen and oxygen atoms in total. The van der Waals surface area contributed by atoms with Crippen molar-refractivity contribution in [2.45, 2.75) is 6.18 Å². The van der Waals surface area contributed by atoms with E-state index in [4.69, 9.17) is 16.9 Å². The molecule has 0 fully saturated rings. The lowest BCUT2D eigenvalue weighted by Crippen LogP contribution is -2.09. The fourth-order valence-corrected chi connectivity index (χ4v) is 2.76. The Bertz CT molecular complexity index is 726. The molecule has 0 atom stereocenters. The zero-order valence-corrected chi connectivity index (χ0v) is 11.8. The molecule has 1 aromatic carbocycles. The first kappa shape index (κ1) is 15.5. The van der Waals surface area contributed by atoms with E-state index in [-0.39, 0.29) is 10.6 Å². The molecule has 1 aromatic heterocycles. The zero-order chi connectivity index (χ0) is 15.6. The second kappa shape index (κ2) is 5.88. The van der Waals surface area contributed by atoms with Crippen LogP contribution in [-0.2, 0) is 6.18 Å². The monoisotopic (exact) mass is 331 g/mol. The first-order chi connectivity index (χ1) is 9.86. The average molecular weight is 332 g/mol. The number of hydrogen-bond acceptors (Lipinski definition) is 2. The van der Waals surface area contributed by atoms with Crippen LogP contribution in [0.2, 0.25) is 0 Å². The summed E-state index contributed by atoms with van der Waals surface area (Å²) < 4.78 is 52.1. The first-order valence-corrected chi connectivity index (χ1v) is 6.82. The van der Waals surface area contributed by atoms with Crippen LogP contribution in [0.25, 0.3) is 10.6 Å². The maximum atomic E-state index is 14.0. The van der Waals surface area contributed by atoms with Crippen molar-refractivity contribution in [1.82, 2.24) is 0 Å². The third-order valence-electron chi connectivity index (χ3n) is 2.64. The Morgan fingerprint density at radius 3 is 2.43 bits per heavy atom. The molecule has 2 aromatic rings. The van der Waals surface area contributed by atoms with E-state index in [0.29, 0.717) is 10.9 Å². The lowest BCUT2D eigenvalue weighted by Gasteiger charge is -2.11. The van der Waals surface area contributed by atoms with Gasteiger partial charge >= 0.3 is 6.18 Å². The Kier molecular flexibility index (Phi) is 4.35. The van der Waals surface area contributed by atoms with Crippen molar-refractivity contribution in [1.29, 1.82) is 5.26 Å². The maximum Gasteiger partial charge on any atom is 0.419 e. The predicted octanol–water partition coefficient (Wildman–Crippen LogP) is 5.54. The van der Waals surface area contributed by atoms with E-state index >= 15 is 0 Å². The van der Waals surface area contributed by atoms with Crippen LogP contribution in [0.15, 0.2) is 35.7 Å². The van der Waals surface area contributed by atoms with Gasteiger partial charge in [-0.2, -0.15) is 18.4 Å². The van der Waals surface area contributed by atoms with Crippen molar-refractivity contribution in [3.63, 3.8) is 0 Å². The number of nitrogens with zero attached hydrogens (tertiary/aromatic N) is 1. The van der Waals surface area contributed by atoms with Crippen molar-refractivity contribution in [2.24, 2.45) is 0 Å². The van der Waals surface area contributed by atoms with E-state index in [9.17, 15) is 17.6 Å². The summed E-state index contributed by atoms with van der Waals surface area (Å²) in [5, 5.41) is 10.5. The largest absolute Gasteiger partial charge is 0.419 e. The van der Waals surface area contributed by atoms with E-state index < -0.39 is 23.1 Å². The molecule has 0 N–H and O–H groups in total. The summed E-state index contributed by atoms with van der Waals surface area (Å²) in [6.45, 7) is 0. The average Bonchev–Trinajstić information content (AvgIpc) is 2.92. The number of benzene rings is 1. The predicted molar refractivity (Wildman–Crippen MR) is 74.0 cm³/mol. The SMILES string of the molecule is N#C/C(=C(\Cl)c1cccc(C(F)(F)F)c1F)c1cccs1. The molecule has 7 heteroatoms. The highest BCUT2D eigenvalue weighted by Gasteiger charge is 2.35. The number of nitriles is 1. The van der Waals surface area contributed by atoms with Gasteiger partial charge in [-0.05, 0) is 17.5 Å². The summed E-state index contributed by atoms with van der Waals surface area (Å²) in [5.74, 6) is -1.49.